The Balaban J connectivity index is 1.33. The van der Waals surface area contributed by atoms with Crippen LogP contribution < -0.4 is 10.1 Å². The van der Waals surface area contributed by atoms with Gasteiger partial charge in [-0.1, -0.05) is 30.3 Å². The van der Waals surface area contributed by atoms with Gasteiger partial charge in [-0.05, 0) is 37.8 Å². The summed E-state index contributed by atoms with van der Waals surface area (Å²) in [6.45, 7) is 0. The summed E-state index contributed by atoms with van der Waals surface area (Å²) >= 11 is 0. The van der Waals surface area contributed by atoms with E-state index in [1.54, 1.807) is 30.2 Å². The van der Waals surface area contributed by atoms with Gasteiger partial charge in [-0.2, -0.15) is 5.10 Å². The van der Waals surface area contributed by atoms with Gasteiger partial charge < -0.3 is 10.1 Å². The van der Waals surface area contributed by atoms with Gasteiger partial charge in [0.2, 0.25) is 0 Å². The molecule has 0 unspecified atom stereocenters. The zero-order valence-electron chi connectivity index (χ0n) is 15.8. The van der Waals surface area contributed by atoms with Crippen molar-refractivity contribution < 1.29 is 9.53 Å². The number of aryl methyl sites for hydroxylation is 1. The number of ether oxygens (including phenoxy) is 1. The molecular formula is C21H23N5O2. The van der Waals surface area contributed by atoms with Gasteiger partial charge in [-0.25, -0.2) is 9.97 Å². The highest BCUT2D eigenvalue weighted by molar-refractivity contribution is 5.93. The average molecular weight is 377 g/mol. The highest BCUT2D eigenvalue weighted by Crippen LogP contribution is 2.23. The van der Waals surface area contributed by atoms with E-state index in [4.69, 9.17) is 4.74 Å². The fourth-order valence-electron chi connectivity index (χ4n) is 3.51. The second kappa shape index (κ2) is 8.21. The highest BCUT2D eigenvalue weighted by atomic mass is 16.5. The first-order chi connectivity index (χ1) is 13.7. The summed E-state index contributed by atoms with van der Waals surface area (Å²) in [6, 6.07) is 14.0. The van der Waals surface area contributed by atoms with E-state index >= 15 is 0 Å². The molecule has 1 amide bonds. The van der Waals surface area contributed by atoms with Crippen LogP contribution in [0.5, 0.6) is 6.01 Å². The summed E-state index contributed by atoms with van der Waals surface area (Å²) in [6.07, 6.45) is 6.90. The molecule has 28 heavy (non-hydrogen) atoms. The fraction of sp³-hybridized carbons (Fsp3) is 0.333. The summed E-state index contributed by atoms with van der Waals surface area (Å²) in [5.74, 6) is -0.0899. The molecule has 0 bridgehead atoms. The minimum absolute atomic E-state index is 0.0899. The lowest BCUT2D eigenvalue weighted by Gasteiger charge is -2.28. The van der Waals surface area contributed by atoms with Gasteiger partial charge in [0.1, 0.15) is 11.8 Å². The molecule has 0 atom stereocenters. The molecule has 2 aromatic heterocycles. The molecule has 1 N–H and O–H groups in total. The van der Waals surface area contributed by atoms with E-state index in [0.717, 1.165) is 36.9 Å². The van der Waals surface area contributed by atoms with Crippen LogP contribution in [-0.2, 0) is 7.05 Å². The molecule has 1 fully saturated rings. The molecule has 7 nitrogen and oxygen atoms in total. The number of carbonyl (C=O) groups excluding carboxylic acids is 1. The zero-order chi connectivity index (χ0) is 19.3. The molecule has 0 radical (unpaired) electrons. The van der Waals surface area contributed by atoms with Crippen molar-refractivity contribution in [3.8, 4) is 17.3 Å². The van der Waals surface area contributed by atoms with Crippen molar-refractivity contribution in [2.45, 2.75) is 37.8 Å². The van der Waals surface area contributed by atoms with Gasteiger partial charge >= 0.3 is 6.01 Å². The van der Waals surface area contributed by atoms with Crippen molar-refractivity contribution in [3.05, 3.63) is 60.6 Å². The third-order valence-corrected chi connectivity index (χ3v) is 5.01. The fourth-order valence-corrected chi connectivity index (χ4v) is 3.51. The van der Waals surface area contributed by atoms with E-state index in [2.05, 4.69) is 20.4 Å². The summed E-state index contributed by atoms with van der Waals surface area (Å²) in [7, 11) is 1.80. The van der Waals surface area contributed by atoms with Crippen LogP contribution in [0.4, 0.5) is 0 Å². The van der Waals surface area contributed by atoms with Crippen molar-refractivity contribution in [1.82, 2.24) is 25.1 Å². The summed E-state index contributed by atoms with van der Waals surface area (Å²) in [4.78, 5) is 20.9. The van der Waals surface area contributed by atoms with Gasteiger partial charge in [0, 0.05) is 31.0 Å². The average Bonchev–Trinajstić information content (AvgIpc) is 3.13. The molecular weight excluding hydrogens is 354 g/mol. The molecule has 0 saturated heterocycles. The summed E-state index contributed by atoms with van der Waals surface area (Å²) in [5, 5.41) is 7.61. The zero-order valence-corrected chi connectivity index (χ0v) is 15.8. The molecule has 2 heterocycles. The number of hydrogen-bond donors (Lipinski definition) is 1. The Labute approximate surface area is 163 Å². The Morgan fingerprint density at radius 2 is 1.79 bits per heavy atom. The van der Waals surface area contributed by atoms with Crippen molar-refractivity contribution in [2.24, 2.45) is 7.05 Å². The molecule has 1 aromatic carbocycles. The van der Waals surface area contributed by atoms with Crippen LogP contribution >= 0.6 is 0 Å². The monoisotopic (exact) mass is 377 g/mol. The van der Waals surface area contributed by atoms with E-state index in [1.807, 2.05) is 36.4 Å². The Kier molecular flexibility index (Phi) is 5.32. The molecule has 1 aliphatic carbocycles. The molecule has 1 aliphatic rings. The van der Waals surface area contributed by atoms with Crippen LogP contribution in [0.15, 0.2) is 54.9 Å². The maximum atomic E-state index is 12.7. The van der Waals surface area contributed by atoms with Gasteiger partial charge in [-0.15, -0.1) is 0 Å². The van der Waals surface area contributed by atoms with Crippen molar-refractivity contribution in [1.29, 1.82) is 0 Å². The van der Waals surface area contributed by atoms with Crippen LogP contribution in [0.25, 0.3) is 11.3 Å². The van der Waals surface area contributed by atoms with Gasteiger partial charge in [0.15, 0.2) is 0 Å². The quantitative estimate of drug-likeness (QED) is 0.739. The maximum Gasteiger partial charge on any atom is 0.316 e. The molecule has 0 aliphatic heterocycles. The summed E-state index contributed by atoms with van der Waals surface area (Å²) < 4.78 is 7.45. The van der Waals surface area contributed by atoms with E-state index in [9.17, 15) is 4.79 Å². The third kappa shape index (κ3) is 4.19. The molecule has 0 spiro atoms. The van der Waals surface area contributed by atoms with E-state index in [0.29, 0.717) is 11.7 Å². The molecule has 3 aromatic rings. The highest BCUT2D eigenvalue weighted by Gasteiger charge is 2.25. The minimum Gasteiger partial charge on any atom is -0.460 e. The Hall–Kier alpha value is -3.22. The number of benzene rings is 1. The van der Waals surface area contributed by atoms with Crippen molar-refractivity contribution >= 4 is 5.91 Å². The Morgan fingerprint density at radius 1 is 1.07 bits per heavy atom. The number of hydrogen-bond acceptors (Lipinski definition) is 5. The SMILES string of the molecule is Cn1nc(-c2ccccc2)cc1C(=O)NC1CCC(Oc2ncccn2)CC1. The van der Waals surface area contributed by atoms with Crippen LogP contribution in [-0.4, -0.2) is 37.8 Å². The lowest BCUT2D eigenvalue weighted by Crippen LogP contribution is -2.40. The number of amides is 1. The molecule has 1 saturated carbocycles. The van der Waals surface area contributed by atoms with Crippen LogP contribution in [0.3, 0.4) is 0 Å². The van der Waals surface area contributed by atoms with Crippen LogP contribution in [0.1, 0.15) is 36.2 Å². The predicted molar refractivity (Wildman–Crippen MR) is 105 cm³/mol. The number of aromatic nitrogens is 4. The van der Waals surface area contributed by atoms with Gasteiger partial charge in [0.25, 0.3) is 5.91 Å². The number of rotatable bonds is 5. The molecule has 7 heteroatoms. The lowest BCUT2D eigenvalue weighted by atomic mass is 9.93. The lowest BCUT2D eigenvalue weighted by molar-refractivity contribution is 0.0876. The van der Waals surface area contributed by atoms with Crippen molar-refractivity contribution in [2.75, 3.05) is 0 Å². The smallest absolute Gasteiger partial charge is 0.316 e. The number of carbonyl (C=O) groups is 1. The molecule has 144 valence electrons. The minimum atomic E-state index is -0.0899. The van der Waals surface area contributed by atoms with Gasteiger partial charge in [0.05, 0.1) is 5.69 Å². The Morgan fingerprint density at radius 3 is 2.50 bits per heavy atom. The maximum absolute atomic E-state index is 12.7. The standard InChI is InChI=1S/C21H23N5O2/c1-26-19(14-18(25-26)15-6-3-2-4-7-15)20(27)24-16-8-10-17(11-9-16)28-21-22-12-5-13-23-21/h2-7,12-14,16-17H,8-11H2,1H3,(H,24,27). The van der Waals surface area contributed by atoms with Crippen LogP contribution in [0.2, 0.25) is 0 Å². The van der Waals surface area contributed by atoms with E-state index in [-0.39, 0.29) is 18.1 Å². The number of nitrogens with one attached hydrogen (secondary N) is 1. The van der Waals surface area contributed by atoms with E-state index < -0.39 is 0 Å². The first-order valence-corrected chi connectivity index (χ1v) is 9.53. The second-order valence-corrected chi connectivity index (χ2v) is 7.00. The predicted octanol–water partition coefficient (Wildman–Crippen LogP) is 3.00. The first kappa shape index (κ1) is 18.2. The largest absolute Gasteiger partial charge is 0.460 e. The van der Waals surface area contributed by atoms with E-state index in [1.165, 1.54) is 0 Å². The summed E-state index contributed by atoms with van der Waals surface area (Å²) in [5.41, 5.74) is 2.36. The third-order valence-electron chi connectivity index (χ3n) is 5.01. The van der Waals surface area contributed by atoms with Crippen LogP contribution in [0, 0.1) is 0 Å². The second-order valence-electron chi connectivity index (χ2n) is 7.00. The normalized spacial score (nSPS) is 19.2. The number of nitrogens with zero attached hydrogens (tertiary/aromatic N) is 4. The molecule has 4 rings (SSSR count). The van der Waals surface area contributed by atoms with Gasteiger partial charge in [-0.3, -0.25) is 9.48 Å². The van der Waals surface area contributed by atoms with Crippen molar-refractivity contribution in [3.63, 3.8) is 0 Å². The first-order valence-electron chi connectivity index (χ1n) is 9.53. The topological polar surface area (TPSA) is 81.9 Å². The Bertz CT molecular complexity index is 918.